The van der Waals surface area contributed by atoms with Crippen LogP contribution in [0.3, 0.4) is 0 Å². The number of rotatable bonds is 0. The SMILES string of the molecule is C1CCCCC2CCCCCCCCC2PCCC1. The molecule has 3 atom stereocenters. The molecule has 1 heteroatoms. The van der Waals surface area contributed by atoms with Crippen molar-refractivity contribution in [1.82, 2.24) is 0 Å². The molecule has 3 unspecified atom stereocenters. The minimum atomic E-state index is 1.11. The maximum absolute atomic E-state index is 1.57. The summed E-state index contributed by atoms with van der Waals surface area (Å²) < 4.78 is 0. The van der Waals surface area contributed by atoms with E-state index in [2.05, 4.69) is 0 Å². The summed E-state index contributed by atoms with van der Waals surface area (Å²) in [5, 5.41) is 0. The van der Waals surface area contributed by atoms with E-state index in [4.69, 9.17) is 0 Å². The van der Waals surface area contributed by atoms with Gasteiger partial charge in [0.05, 0.1) is 0 Å². The molecule has 1 aliphatic heterocycles. The van der Waals surface area contributed by atoms with E-state index < -0.39 is 0 Å². The van der Waals surface area contributed by atoms with Gasteiger partial charge in [0.25, 0.3) is 0 Å². The van der Waals surface area contributed by atoms with Gasteiger partial charge in [-0.15, -0.1) is 8.58 Å². The van der Waals surface area contributed by atoms with Crippen LogP contribution in [0.1, 0.15) is 96.3 Å². The first-order valence-electron chi connectivity index (χ1n) is 9.20. The van der Waals surface area contributed by atoms with Gasteiger partial charge in [0, 0.05) is 0 Å². The van der Waals surface area contributed by atoms with Crippen molar-refractivity contribution in [2.24, 2.45) is 5.92 Å². The molecule has 0 aromatic carbocycles. The van der Waals surface area contributed by atoms with Crippen molar-refractivity contribution in [1.29, 1.82) is 0 Å². The Morgan fingerprint density at radius 1 is 0.474 bits per heavy atom. The van der Waals surface area contributed by atoms with Crippen LogP contribution in [0.25, 0.3) is 0 Å². The lowest BCUT2D eigenvalue weighted by atomic mass is 9.88. The van der Waals surface area contributed by atoms with Crippen LogP contribution in [0, 0.1) is 5.92 Å². The fourth-order valence-electron chi connectivity index (χ4n) is 4.06. The highest BCUT2D eigenvalue weighted by atomic mass is 31.1. The molecule has 1 saturated heterocycles. The van der Waals surface area contributed by atoms with Crippen LogP contribution < -0.4 is 0 Å². The average molecular weight is 282 g/mol. The lowest BCUT2D eigenvalue weighted by Crippen LogP contribution is -2.18. The van der Waals surface area contributed by atoms with Gasteiger partial charge in [-0.1, -0.05) is 70.6 Å². The van der Waals surface area contributed by atoms with Gasteiger partial charge < -0.3 is 0 Å². The molecule has 2 rings (SSSR count). The van der Waals surface area contributed by atoms with Crippen LogP contribution in [-0.4, -0.2) is 11.8 Å². The largest absolute Gasteiger partial charge is 0.119 e. The van der Waals surface area contributed by atoms with Gasteiger partial charge >= 0.3 is 0 Å². The standard InChI is InChI=1S/C18H35P/c1-2-7-11-15-18-17(13-9-5-1)14-10-6-3-4-8-12-16-19-18/h17-19H,1-16H2. The quantitative estimate of drug-likeness (QED) is 0.443. The molecular weight excluding hydrogens is 247 g/mol. The van der Waals surface area contributed by atoms with Crippen LogP contribution in [0.5, 0.6) is 0 Å². The molecule has 1 heterocycles. The Labute approximate surface area is 123 Å². The van der Waals surface area contributed by atoms with Gasteiger partial charge in [-0.25, -0.2) is 0 Å². The Kier molecular flexibility index (Phi) is 8.49. The zero-order chi connectivity index (χ0) is 13.2. The van der Waals surface area contributed by atoms with Crippen LogP contribution in [0.15, 0.2) is 0 Å². The van der Waals surface area contributed by atoms with Gasteiger partial charge in [0.15, 0.2) is 0 Å². The van der Waals surface area contributed by atoms with E-state index in [0.29, 0.717) is 0 Å². The molecule has 19 heavy (non-hydrogen) atoms. The lowest BCUT2D eigenvalue weighted by molar-refractivity contribution is 0.364. The second kappa shape index (κ2) is 10.2. The molecule has 2 fully saturated rings. The van der Waals surface area contributed by atoms with Crippen molar-refractivity contribution in [3.63, 3.8) is 0 Å². The Balaban J connectivity index is 1.88. The van der Waals surface area contributed by atoms with Crippen molar-refractivity contribution in [2.75, 3.05) is 6.16 Å². The summed E-state index contributed by atoms with van der Waals surface area (Å²) in [4.78, 5) is 0. The summed E-state index contributed by atoms with van der Waals surface area (Å²) in [7, 11) is 1.30. The van der Waals surface area contributed by atoms with Crippen molar-refractivity contribution < 1.29 is 0 Å². The fraction of sp³-hybridized carbons (Fsp3) is 1.00. The van der Waals surface area contributed by atoms with E-state index in [0.717, 1.165) is 11.6 Å². The first kappa shape index (κ1) is 15.8. The zero-order valence-corrected chi connectivity index (χ0v) is 14.0. The fourth-order valence-corrected chi connectivity index (χ4v) is 5.95. The summed E-state index contributed by atoms with van der Waals surface area (Å²) >= 11 is 0. The molecule has 0 N–H and O–H groups in total. The molecule has 0 aromatic rings. The molecule has 1 saturated carbocycles. The van der Waals surface area contributed by atoms with Crippen LogP contribution in [0.2, 0.25) is 0 Å². The Hall–Kier alpha value is 0.430. The van der Waals surface area contributed by atoms with Crippen molar-refractivity contribution in [3.8, 4) is 0 Å². The minimum absolute atomic E-state index is 1.11. The maximum atomic E-state index is 1.57. The molecule has 0 radical (unpaired) electrons. The minimum Gasteiger partial charge on any atom is -0.119 e. The van der Waals surface area contributed by atoms with E-state index in [1.54, 1.807) is 25.4 Å². The van der Waals surface area contributed by atoms with Gasteiger partial charge in [-0.2, -0.15) is 0 Å². The first-order chi connectivity index (χ1) is 9.47. The molecule has 112 valence electrons. The van der Waals surface area contributed by atoms with E-state index in [1.165, 1.54) is 85.6 Å². The zero-order valence-electron chi connectivity index (χ0n) is 13.0. The molecule has 0 amide bonds. The van der Waals surface area contributed by atoms with Gasteiger partial charge in [0.1, 0.15) is 0 Å². The van der Waals surface area contributed by atoms with Gasteiger partial charge in [0.2, 0.25) is 0 Å². The average Bonchev–Trinajstić information content (AvgIpc) is 2.48. The Bertz CT molecular complexity index is 192. The van der Waals surface area contributed by atoms with Gasteiger partial charge in [-0.05, 0) is 43.4 Å². The van der Waals surface area contributed by atoms with E-state index in [9.17, 15) is 0 Å². The highest BCUT2D eigenvalue weighted by Crippen LogP contribution is 2.38. The molecule has 2 aliphatic rings. The lowest BCUT2D eigenvalue weighted by Gasteiger charge is -2.28. The van der Waals surface area contributed by atoms with E-state index >= 15 is 0 Å². The van der Waals surface area contributed by atoms with Crippen LogP contribution in [-0.2, 0) is 0 Å². The van der Waals surface area contributed by atoms with Gasteiger partial charge in [-0.3, -0.25) is 0 Å². The van der Waals surface area contributed by atoms with Crippen LogP contribution in [0.4, 0.5) is 0 Å². The third kappa shape index (κ3) is 6.61. The maximum Gasteiger partial charge on any atom is -0.0208 e. The number of fused-ring (bicyclic) bond motifs is 1. The Morgan fingerprint density at radius 2 is 0.947 bits per heavy atom. The summed E-state index contributed by atoms with van der Waals surface area (Å²) in [6.45, 7) is 0. The second-order valence-corrected chi connectivity index (χ2v) is 8.58. The third-order valence-corrected chi connectivity index (χ3v) is 7.24. The number of hydrogen-bond donors (Lipinski definition) is 0. The highest BCUT2D eigenvalue weighted by molar-refractivity contribution is 7.38. The second-order valence-electron chi connectivity index (χ2n) is 6.93. The molecule has 0 aromatic heterocycles. The summed E-state index contributed by atoms with van der Waals surface area (Å²) in [6.07, 6.45) is 24.5. The summed E-state index contributed by atoms with van der Waals surface area (Å²) in [5.41, 5.74) is 1.12. The Morgan fingerprint density at radius 3 is 1.58 bits per heavy atom. The summed E-state index contributed by atoms with van der Waals surface area (Å²) in [5.74, 6) is 1.11. The van der Waals surface area contributed by atoms with E-state index in [1.807, 2.05) is 0 Å². The summed E-state index contributed by atoms with van der Waals surface area (Å²) in [6, 6.07) is 0. The predicted octanol–water partition coefficient (Wildman–Crippen LogP) is 6.53. The van der Waals surface area contributed by atoms with Crippen molar-refractivity contribution >= 4 is 8.58 Å². The highest BCUT2D eigenvalue weighted by Gasteiger charge is 2.21. The smallest absolute Gasteiger partial charge is 0.0208 e. The monoisotopic (exact) mass is 282 g/mol. The first-order valence-corrected chi connectivity index (χ1v) is 10.5. The molecule has 1 aliphatic carbocycles. The third-order valence-electron chi connectivity index (χ3n) is 5.32. The number of hydrogen-bond acceptors (Lipinski definition) is 0. The van der Waals surface area contributed by atoms with E-state index in [-0.39, 0.29) is 0 Å². The molecule has 0 nitrogen and oxygen atoms in total. The molecule has 0 bridgehead atoms. The molecular formula is C18H35P. The van der Waals surface area contributed by atoms with Crippen LogP contribution >= 0.6 is 8.58 Å². The molecule has 0 spiro atoms. The predicted molar refractivity (Wildman–Crippen MR) is 89.7 cm³/mol. The van der Waals surface area contributed by atoms with Crippen molar-refractivity contribution in [2.45, 2.75) is 102 Å². The topological polar surface area (TPSA) is 0 Å². The van der Waals surface area contributed by atoms with Crippen molar-refractivity contribution in [3.05, 3.63) is 0 Å². The normalized spacial score (nSPS) is 34.1.